The lowest BCUT2D eigenvalue weighted by molar-refractivity contribution is 0.100. The number of hydrogen-bond acceptors (Lipinski definition) is 3. The van der Waals surface area contributed by atoms with E-state index in [2.05, 4.69) is 12.0 Å². The van der Waals surface area contributed by atoms with E-state index in [1.807, 2.05) is 0 Å². The Labute approximate surface area is 82.1 Å². The van der Waals surface area contributed by atoms with Crippen molar-refractivity contribution in [2.75, 3.05) is 5.73 Å². The van der Waals surface area contributed by atoms with Crippen LogP contribution in [-0.2, 0) is 0 Å². The molecule has 1 fully saturated rings. The van der Waals surface area contributed by atoms with Gasteiger partial charge >= 0.3 is 0 Å². The first-order valence-corrected chi connectivity index (χ1v) is 4.74. The summed E-state index contributed by atoms with van der Waals surface area (Å²) in [7, 11) is 0. The number of hydrogen-bond donors (Lipinski definition) is 2. The second-order valence-electron chi connectivity index (χ2n) is 3.85. The van der Waals surface area contributed by atoms with Crippen molar-refractivity contribution in [2.45, 2.75) is 25.8 Å². The lowest BCUT2D eigenvalue weighted by atomic mass is 10.2. The van der Waals surface area contributed by atoms with Crippen molar-refractivity contribution in [2.24, 2.45) is 11.7 Å². The zero-order valence-electron chi connectivity index (χ0n) is 8.10. The molecule has 0 aliphatic heterocycles. The third kappa shape index (κ3) is 1.45. The molecule has 14 heavy (non-hydrogen) atoms. The van der Waals surface area contributed by atoms with E-state index >= 15 is 0 Å². The van der Waals surface area contributed by atoms with Crippen molar-refractivity contribution >= 4 is 11.7 Å². The molecular weight excluding hydrogens is 180 g/mol. The molecule has 76 valence electrons. The summed E-state index contributed by atoms with van der Waals surface area (Å²) in [5, 5.41) is 4.09. The van der Waals surface area contributed by atoms with Gasteiger partial charge in [-0.1, -0.05) is 0 Å². The van der Waals surface area contributed by atoms with Crippen molar-refractivity contribution < 1.29 is 4.79 Å². The lowest BCUT2D eigenvalue weighted by Gasteiger charge is -2.09. The van der Waals surface area contributed by atoms with Gasteiger partial charge in [-0.3, -0.25) is 9.48 Å². The maximum Gasteiger partial charge on any atom is 0.254 e. The van der Waals surface area contributed by atoms with Crippen LogP contribution in [0.25, 0.3) is 0 Å². The molecule has 1 amide bonds. The third-order valence-electron chi connectivity index (χ3n) is 2.75. The molecule has 5 heteroatoms. The first kappa shape index (κ1) is 9.05. The summed E-state index contributed by atoms with van der Waals surface area (Å²) in [6, 6.07) is 0.311. The van der Waals surface area contributed by atoms with E-state index in [1.165, 1.54) is 12.8 Å². The summed E-state index contributed by atoms with van der Waals surface area (Å²) < 4.78 is 1.74. The number of anilines is 1. The summed E-state index contributed by atoms with van der Waals surface area (Å²) in [6.45, 7) is 2.08. The molecule has 1 aromatic heterocycles. The molecule has 4 N–H and O–H groups in total. The Balaban J connectivity index is 2.26. The Morgan fingerprint density at radius 2 is 2.36 bits per heavy atom. The highest BCUT2D eigenvalue weighted by Gasteiger charge is 2.30. The van der Waals surface area contributed by atoms with Gasteiger partial charge in [-0.2, -0.15) is 5.10 Å². The summed E-state index contributed by atoms with van der Waals surface area (Å²) >= 11 is 0. The Bertz CT molecular complexity index is 367. The number of aromatic nitrogens is 2. The normalized spacial score (nSPS) is 18.1. The van der Waals surface area contributed by atoms with E-state index in [4.69, 9.17) is 11.5 Å². The second kappa shape index (κ2) is 3.01. The summed E-state index contributed by atoms with van der Waals surface area (Å²) in [4.78, 5) is 10.9. The molecule has 2 rings (SSSR count). The Morgan fingerprint density at radius 3 is 2.79 bits per heavy atom. The van der Waals surface area contributed by atoms with Crippen LogP contribution in [0.4, 0.5) is 5.82 Å². The molecule has 0 bridgehead atoms. The molecule has 1 aliphatic rings. The fraction of sp³-hybridized carbons (Fsp3) is 0.556. The summed E-state index contributed by atoms with van der Waals surface area (Å²) in [5.74, 6) is 0.386. The first-order valence-electron chi connectivity index (χ1n) is 4.74. The average Bonchev–Trinajstić information content (AvgIpc) is 2.88. The van der Waals surface area contributed by atoms with Crippen molar-refractivity contribution in [3.8, 4) is 0 Å². The zero-order chi connectivity index (χ0) is 10.3. The molecule has 0 radical (unpaired) electrons. The summed E-state index contributed by atoms with van der Waals surface area (Å²) in [5.41, 5.74) is 11.0. The van der Waals surface area contributed by atoms with E-state index in [0.717, 1.165) is 0 Å². The molecule has 1 heterocycles. The van der Waals surface area contributed by atoms with Gasteiger partial charge in [0.2, 0.25) is 0 Å². The van der Waals surface area contributed by atoms with Gasteiger partial charge in [0.05, 0.1) is 6.04 Å². The van der Waals surface area contributed by atoms with Crippen LogP contribution in [0, 0.1) is 5.92 Å². The highest BCUT2D eigenvalue weighted by molar-refractivity contribution is 5.96. The highest BCUT2D eigenvalue weighted by atomic mass is 16.1. The Kier molecular flexibility index (Phi) is 1.94. The molecular formula is C9H14N4O. The van der Waals surface area contributed by atoms with Gasteiger partial charge < -0.3 is 11.5 Å². The van der Waals surface area contributed by atoms with Gasteiger partial charge in [0.25, 0.3) is 5.91 Å². The number of carbonyl (C=O) groups is 1. The van der Waals surface area contributed by atoms with Crippen LogP contribution in [0.2, 0.25) is 0 Å². The minimum absolute atomic E-state index is 0.227. The minimum Gasteiger partial charge on any atom is -0.382 e. The van der Waals surface area contributed by atoms with Gasteiger partial charge in [0.15, 0.2) is 5.82 Å². The van der Waals surface area contributed by atoms with E-state index in [1.54, 1.807) is 10.9 Å². The molecule has 0 aromatic carbocycles. The quantitative estimate of drug-likeness (QED) is 0.736. The minimum atomic E-state index is -0.517. The molecule has 1 atom stereocenters. The number of nitrogens with zero attached hydrogens (tertiary/aromatic N) is 2. The fourth-order valence-corrected chi connectivity index (χ4v) is 1.60. The lowest BCUT2D eigenvalue weighted by Crippen LogP contribution is -2.12. The van der Waals surface area contributed by atoms with Crippen LogP contribution in [0.1, 0.15) is 36.2 Å². The predicted molar refractivity (Wildman–Crippen MR) is 52.6 cm³/mol. The highest BCUT2D eigenvalue weighted by Crippen LogP contribution is 2.39. The van der Waals surface area contributed by atoms with Crippen molar-refractivity contribution in [3.05, 3.63) is 11.8 Å². The molecule has 1 aromatic rings. The maximum atomic E-state index is 10.9. The van der Waals surface area contributed by atoms with Crippen LogP contribution >= 0.6 is 0 Å². The smallest absolute Gasteiger partial charge is 0.254 e. The van der Waals surface area contributed by atoms with Crippen LogP contribution in [-0.4, -0.2) is 15.7 Å². The van der Waals surface area contributed by atoms with E-state index in [9.17, 15) is 4.79 Å². The van der Waals surface area contributed by atoms with Crippen LogP contribution in [0.3, 0.4) is 0 Å². The van der Waals surface area contributed by atoms with E-state index in [0.29, 0.717) is 17.5 Å². The van der Waals surface area contributed by atoms with Gasteiger partial charge in [0.1, 0.15) is 5.56 Å². The van der Waals surface area contributed by atoms with Crippen molar-refractivity contribution in [1.82, 2.24) is 9.78 Å². The van der Waals surface area contributed by atoms with E-state index in [-0.39, 0.29) is 5.82 Å². The van der Waals surface area contributed by atoms with Gasteiger partial charge in [-0.25, -0.2) is 0 Å². The van der Waals surface area contributed by atoms with Gasteiger partial charge in [0, 0.05) is 6.20 Å². The number of carbonyl (C=O) groups excluding carboxylic acids is 1. The molecule has 1 saturated carbocycles. The van der Waals surface area contributed by atoms with Crippen molar-refractivity contribution in [1.29, 1.82) is 0 Å². The van der Waals surface area contributed by atoms with Crippen LogP contribution in [0.15, 0.2) is 6.20 Å². The second-order valence-corrected chi connectivity index (χ2v) is 3.85. The predicted octanol–water partition coefficient (Wildman–Crippen LogP) is 0.535. The summed E-state index contributed by atoms with van der Waals surface area (Å²) in [6.07, 6.45) is 4.10. The Hall–Kier alpha value is -1.52. The standard InChI is InChI=1S/C9H14N4O/c1-5(6-2-3-6)13-4-7(9(11)14)8(10)12-13/h4-6H,2-3H2,1H3,(H2,10,12)(H2,11,14). The number of nitrogens with two attached hydrogens (primary N) is 2. The first-order chi connectivity index (χ1) is 6.59. The number of nitrogen functional groups attached to an aromatic ring is 1. The van der Waals surface area contributed by atoms with Crippen LogP contribution in [0.5, 0.6) is 0 Å². The third-order valence-corrected chi connectivity index (χ3v) is 2.75. The fourth-order valence-electron chi connectivity index (χ4n) is 1.60. The van der Waals surface area contributed by atoms with Crippen LogP contribution < -0.4 is 11.5 Å². The molecule has 1 aliphatic carbocycles. The zero-order valence-corrected chi connectivity index (χ0v) is 8.10. The molecule has 1 unspecified atom stereocenters. The topological polar surface area (TPSA) is 86.9 Å². The monoisotopic (exact) mass is 194 g/mol. The largest absolute Gasteiger partial charge is 0.382 e. The van der Waals surface area contributed by atoms with Crippen molar-refractivity contribution in [3.63, 3.8) is 0 Å². The SMILES string of the molecule is CC(C1CC1)n1cc(C(N)=O)c(N)n1. The average molecular weight is 194 g/mol. The molecule has 0 saturated heterocycles. The number of primary amides is 1. The number of amides is 1. The molecule has 0 spiro atoms. The number of rotatable bonds is 3. The van der Waals surface area contributed by atoms with E-state index < -0.39 is 5.91 Å². The van der Waals surface area contributed by atoms with Gasteiger partial charge in [-0.05, 0) is 25.7 Å². The maximum absolute atomic E-state index is 10.9. The van der Waals surface area contributed by atoms with Gasteiger partial charge in [-0.15, -0.1) is 0 Å². The Morgan fingerprint density at radius 1 is 1.71 bits per heavy atom. The molecule has 5 nitrogen and oxygen atoms in total.